The van der Waals surface area contributed by atoms with Crippen LogP contribution in [0, 0.1) is 5.92 Å². The molecule has 2 unspecified atom stereocenters. The number of hydrogen-bond acceptors (Lipinski definition) is 5. The van der Waals surface area contributed by atoms with Gasteiger partial charge in [-0.2, -0.15) is 0 Å². The number of carbonyl (C=O) groups excluding carboxylic acids is 2. The molecule has 0 saturated carbocycles. The number of ketones is 1. The molecule has 0 aliphatic carbocycles. The highest BCUT2D eigenvalue weighted by molar-refractivity contribution is 7.92. The van der Waals surface area contributed by atoms with Crippen molar-refractivity contribution >= 4 is 62.2 Å². The van der Waals surface area contributed by atoms with Crippen LogP contribution in [0.3, 0.4) is 0 Å². The van der Waals surface area contributed by atoms with Crippen molar-refractivity contribution in [1.29, 1.82) is 0 Å². The predicted molar refractivity (Wildman–Crippen MR) is 148 cm³/mol. The van der Waals surface area contributed by atoms with E-state index in [4.69, 9.17) is 34.8 Å². The van der Waals surface area contributed by atoms with Gasteiger partial charge in [0, 0.05) is 36.6 Å². The lowest BCUT2D eigenvalue weighted by Gasteiger charge is -2.36. The van der Waals surface area contributed by atoms with Crippen molar-refractivity contribution in [2.45, 2.75) is 43.0 Å². The van der Waals surface area contributed by atoms with E-state index in [1.165, 1.54) is 16.4 Å². The first-order valence-electron chi connectivity index (χ1n) is 12.1. The summed E-state index contributed by atoms with van der Waals surface area (Å²) in [4.78, 5) is 29.4. The highest BCUT2D eigenvalue weighted by atomic mass is 35.5. The van der Waals surface area contributed by atoms with E-state index >= 15 is 0 Å². The molecule has 0 radical (unpaired) electrons. The highest BCUT2D eigenvalue weighted by Crippen LogP contribution is 2.36. The van der Waals surface area contributed by atoms with Crippen LogP contribution in [0.15, 0.2) is 59.6 Å². The Hall–Kier alpha value is -2.65. The summed E-state index contributed by atoms with van der Waals surface area (Å²) < 4.78 is 29.0. The Labute approximate surface area is 236 Å². The summed E-state index contributed by atoms with van der Waals surface area (Å²) in [5.74, 6) is -0.334. The first kappa shape index (κ1) is 26.9. The van der Waals surface area contributed by atoms with Crippen molar-refractivity contribution in [1.82, 2.24) is 10.3 Å². The van der Waals surface area contributed by atoms with Gasteiger partial charge in [0.1, 0.15) is 0 Å². The molecule has 1 saturated heterocycles. The van der Waals surface area contributed by atoms with E-state index in [1.54, 1.807) is 42.6 Å². The average Bonchev–Trinajstić information content (AvgIpc) is 3.28. The summed E-state index contributed by atoms with van der Waals surface area (Å²) in [7, 11) is -3.99. The minimum absolute atomic E-state index is 0.00189. The van der Waals surface area contributed by atoms with E-state index in [2.05, 4.69) is 10.3 Å². The van der Waals surface area contributed by atoms with Crippen molar-refractivity contribution in [3.05, 3.63) is 86.6 Å². The smallest absolute Gasteiger partial charge is 0.264 e. The predicted octanol–water partition coefficient (Wildman–Crippen LogP) is 5.50. The van der Waals surface area contributed by atoms with Crippen LogP contribution in [0.25, 0.3) is 0 Å². The number of anilines is 1. The topological polar surface area (TPSA) is 96.4 Å². The van der Waals surface area contributed by atoms with Crippen molar-refractivity contribution in [2.75, 3.05) is 10.8 Å². The number of hydrogen-bond donors (Lipinski definition) is 1. The molecular formula is C27H24Cl3N3O4S. The Balaban J connectivity index is 1.50. The molecule has 2 atom stereocenters. The molecule has 1 aromatic heterocycles. The van der Waals surface area contributed by atoms with E-state index in [1.807, 2.05) is 0 Å². The molecule has 1 fully saturated rings. The molecule has 1 N–H and O–H groups in total. The number of amides is 1. The van der Waals surface area contributed by atoms with E-state index in [9.17, 15) is 18.0 Å². The van der Waals surface area contributed by atoms with Crippen LogP contribution in [-0.2, 0) is 27.7 Å². The molecule has 0 spiro atoms. The van der Waals surface area contributed by atoms with Gasteiger partial charge in [0.2, 0.25) is 5.91 Å². The van der Waals surface area contributed by atoms with Gasteiger partial charge in [-0.3, -0.25) is 18.9 Å². The minimum Gasteiger partial charge on any atom is -0.353 e. The number of pyridine rings is 1. The Morgan fingerprint density at radius 1 is 1.08 bits per heavy atom. The van der Waals surface area contributed by atoms with Gasteiger partial charge in [-0.15, -0.1) is 0 Å². The second-order valence-corrected chi connectivity index (χ2v) is 12.7. The molecule has 198 valence electrons. The van der Waals surface area contributed by atoms with Gasteiger partial charge in [-0.1, -0.05) is 46.9 Å². The second kappa shape index (κ2) is 10.8. The number of halogens is 3. The van der Waals surface area contributed by atoms with Crippen molar-refractivity contribution in [3.8, 4) is 0 Å². The lowest BCUT2D eigenvalue weighted by atomic mass is 9.90. The zero-order chi connectivity index (χ0) is 27.0. The summed E-state index contributed by atoms with van der Waals surface area (Å²) >= 11 is 18.6. The maximum atomic E-state index is 13.8. The van der Waals surface area contributed by atoms with Crippen LogP contribution in [-0.4, -0.2) is 37.7 Å². The van der Waals surface area contributed by atoms with Gasteiger partial charge in [-0.25, -0.2) is 8.42 Å². The number of nitrogens with one attached hydrogen (secondary N) is 1. The molecule has 38 heavy (non-hydrogen) atoms. The highest BCUT2D eigenvalue weighted by Gasteiger charge is 2.36. The maximum Gasteiger partial charge on any atom is 0.264 e. The Bertz CT molecular complexity index is 1510. The zero-order valence-electron chi connectivity index (χ0n) is 20.2. The molecule has 2 aliphatic rings. The van der Waals surface area contributed by atoms with E-state index in [0.717, 1.165) is 6.42 Å². The van der Waals surface area contributed by atoms with Crippen LogP contribution in [0.2, 0.25) is 15.1 Å². The second-order valence-electron chi connectivity index (χ2n) is 9.61. The standard InChI is InChI=1S/C27H24Cl3N3O4S/c28-18-3-1-4-20(13-18)38(36,37)33-15-17(9-19-7-8-26(35)32-19)10-23-24(33)11-16(14-31-23)12-25(34)27-21(29)5-2-6-22(27)30/h1-6,11,13-14,17,19H,7-10,12,15H2,(H,32,35). The van der Waals surface area contributed by atoms with Gasteiger partial charge in [0.15, 0.2) is 5.78 Å². The maximum absolute atomic E-state index is 13.8. The fourth-order valence-electron chi connectivity index (χ4n) is 5.10. The van der Waals surface area contributed by atoms with Crippen molar-refractivity contribution in [3.63, 3.8) is 0 Å². The largest absolute Gasteiger partial charge is 0.353 e. The number of fused-ring (bicyclic) bond motifs is 1. The van der Waals surface area contributed by atoms with E-state index in [0.29, 0.717) is 41.2 Å². The molecule has 0 bridgehead atoms. The Kier molecular flexibility index (Phi) is 7.69. The Morgan fingerprint density at radius 2 is 1.82 bits per heavy atom. The number of aromatic nitrogens is 1. The number of rotatable bonds is 7. The zero-order valence-corrected chi connectivity index (χ0v) is 23.2. The third kappa shape index (κ3) is 5.54. The third-order valence-electron chi connectivity index (χ3n) is 6.87. The van der Waals surface area contributed by atoms with Gasteiger partial charge in [0.05, 0.1) is 31.9 Å². The van der Waals surface area contributed by atoms with E-state index in [-0.39, 0.29) is 57.1 Å². The normalized spacial score (nSPS) is 19.2. The molecule has 2 aromatic carbocycles. The van der Waals surface area contributed by atoms with Crippen LogP contribution >= 0.6 is 34.8 Å². The Morgan fingerprint density at radius 3 is 2.50 bits per heavy atom. The third-order valence-corrected chi connectivity index (χ3v) is 9.51. The number of Topliss-reactive ketones (excluding diaryl/α,β-unsaturated/α-hetero) is 1. The molecular weight excluding hydrogens is 569 g/mol. The summed E-state index contributed by atoms with van der Waals surface area (Å²) in [6, 6.07) is 12.7. The van der Waals surface area contributed by atoms with Gasteiger partial charge < -0.3 is 5.32 Å². The number of carbonyl (C=O) groups is 2. The molecule has 7 nitrogen and oxygen atoms in total. The van der Waals surface area contributed by atoms with Crippen LogP contribution < -0.4 is 9.62 Å². The van der Waals surface area contributed by atoms with Crippen molar-refractivity contribution in [2.24, 2.45) is 5.92 Å². The monoisotopic (exact) mass is 591 g/mol. The summed E-state index contributed by atoms with van der Waals surface area (Å²) in [5, 5.41) is 3.78. The van der Waals surface area contributed by atoms with Crippen LogP contribution in [0.5, 0.6) is 0 Å². The molecule has 11 heteroatoms. The average molecular weight is 593 g/mol. The summed E-state index contributed by atoms with van der Waals surface area (Å²) in [6.07, 6.45) is 3.93. The molecule has 1 amide bonds. The quantitative estimate of drug-likeness (QED) is 0.365. The molecule has 3 heterocycles. The SMILES string of the molecule is O=C1CCC(CC2Cc3ncc(CC(=O)c4c(Cl)cccc4Cl)cc3N(S(=O)(=O)c3cccc(Cl)c3)C2)N1. The first-order chi connectivity index (χ1) is 18.1. The van der Waals surface area contributed by atoms with Gasteiger partial charge in [0.25, 0.3) is 10.0 Å². The van der Waals surface area contributed by atoms with Crippen LogP contribution in [0.1, 0.15) is 40.9 Å². The van der Waals surface area contributed by atoms with Crippen molar-refractivity contribution < 1.29 is 18.0 Å². The number of sulfonamides is 1. The van der Waals surface area contributed by atoms with Crippen LogP contribution in [0.4, 0.5) is 5.69 Å². The lowest BCUT2D eigenvalue weighted by Crippen LogP contribution is -2.42. The number of nitrogens with zero attached hydrogens (tertiary/aromatic N) is 2. The molecule has 5 rings (SSSR count). The lowest BCUT2D eigenvalue weighted by molar-refractivity contribution is -0.119. The molecule has 3 aromatic rings. The van der Waals surface area contributed by atoms with E-state index < -0.39 is 10.0 Å². The van der Waals surface area contributed by atoms with Gasteiger partial charge in [-0.05, 0) is 67.1 Å². The minimum atomic E-state index is -3.99. The first-order valence-corrected chi connectivity index (χ1v) is 14.7. The summed E-state index contributed by atoms with van der Waals surface area (Å²) in [5.41, 5.74) is 1.79. The summed E-state index contributed by atoms with van der Waals surface area (Å²) in [6.45, 7) is 0.212. The fourth-order valence-corrected chi connectivity index (χ4v) is 7.57. The number of benzene rings is 2. The molecule has 2 aliphatic heterocycles. The fraction of sp³-hybridized carbons (Fsp3) is 0.296. The van der Waals surface area contributed by atoms with Gasteiger partial charge >= 0.3 is 0 Å².